The van der Waals surface area contributed by atoms with Crippen LogP contribution >= 0.6 is 11.3 Å². The van der Waals surface area contributed by atoms with Gasteiger partial charge in [0.2, 0.25) is 5.91 Å². The molecule has 0 spiro atoms. The lowest BCUT2D eigenvalue weighted by Gasteiger charge is -2.14. The highest BCUT2D eigenvalue weighted by Crippen LogP contribution is 2.18. The van der Waals surface area contributed by atoms with Crippen molar-refractivity contribution in [3.63, 3.8) is 0 Å². The summed E-state index contributed by atoms with van der Waals surface area (Å²) in [4.78, 5) is 28.6. The maximum absolute atomic E-state index is 12.3. The van der Waals surface area contributed by atoms with Gasteiger partial charge >= 0.3 is 0 Å². The fourth-order valence-electron chi connectivity index (χ4n) is 2.96. The summed E-state index contributed by atoms with van der Waals surface area (Å²) in [5, 5.41) is 7.87. The highest BCUT2D eigenvalue weighted by molar-refractivity contribution is 7.14. The molecule has 1 unspecified atom stereocenters. The van der Waals surface area contributed by atoms with Gasteiger partial charge in [-0.05, 0) is 63.4 Å². The molecule has 31 heavy (non-hydrogen) atoms. The van der Waals surface area contributed by atoms with Crippen LogP contribution in [0.15, 0.2) is 52.5 Å². The van der Waals surface area contributed by atoms with Crippen LogP contribution in [0.5, 0.6) is 5.75 Å². The van der Waals surface area contributed by atoms with E-state index in [0.717, 1.165) is 18.6 Å². The molecular weight excluding hydrogens is 414 g/mol. The lowest BCUT2D eigenvalue weighted by Crippen LogP contribution is -2.34. The van der Waals surface area contributed by atoms with E-state index in [1.165, 1.54) is 23.2 Å². The van der Waals surface area contributed by atoms with Crippen LogP contribution in [0.1, 0.15) is 49.0 Å². The highest BCUT2D eigenvalue weighted by atomic mass is 32.1. The van der Waals surface area contributed by atoms with Gasteiger partial charge in [0.15, 0.2) is 10.9 Å². The van der Waals surface area contributed by atoms with Gasteiger partial charge in [0.25, 0.3) is 5.91 Å². The lowest BCUT2D eigenvalue weighted by atomic mass is 10.1. The molecular formula is C23H27N3O4S. The third-order valence-corrected chi connectivity index (χ3v) is 5.23. The summed E-state index contributed by atoms with van der Waals surface area (Å²) in [6, 6.07) is 11.3. The Labute approximate surface area is 185 Å². The third-order valence-electron chi connectivity index (χ3n) is 4.43. The summed E-state index contributed by atoms with van der Waals surface area (Å²) in [5.41, 5.74) is 1.82. The van der Waals surface area contributed by atoms with Gasteiger partial charge in [-0.1, -0.05) is 12.1 Å². The predicted octanol–water partition coefficient (Wildman–Crippen LogP) is 4.46. The standard InChI is InChI=1S/C23H27N3O4S/c1-15(2)30-19-10-8-17(9-11-19)7-6-16(3)24-21(27)13-18-14-31-23(25-18)26-22(28)20-5-4-12-29-20/h4-5,8-12,14-16H,6-7,13H2,1-3H3,(H,24,27)(H,25,26,28). The van der Waals surface area contributed by atoms with Crippen molar-refractivity contribution < 1.29 is 18.7 Å². The molecule has 0 radical (unpaired) electrons. The Morgan fingerprint density at radius 2 is 1.94 bits per heavy atom. The van der Waals surface area contributed by atoms with Crippen molar-refractivity contribution in [1.82, 2.24) is 10.3 Å². The zero-order chi connectivity index (χ0) is 22.2. The zero-order valence-electron chi connectivity index (χ0n) is 17.9. The molecule has 3 aromatic rings. The summed E-state index contributed by atoms with van der Waals surface area (Å²) in [6.45, 7) is 5.99. The second kappa shape index (κ2) is 10.8. The number of hydrogen-bond donors (Lipinski definition) is 2. The zero-order valence-corrected chi connectivity index (χ0v) is 18.7. The number of nitrogens with one attached hydrogen (secondary N) is 2. The molecule has 0 fully saturated rings. The van der Waals surface area contributed by atoms with Gasteiger partial charge in [0.1, 0.15) is 5.75 Å². The van der Waals surface area contributed by atoms with E-state index >= 15 is 0 Å². The van der Waals surface area contributed by atoms with E-state index in [1.54, 1.807) is 17.5 Å². The van der Waals surface area contributed by atoms with Gasteiger partial charge in [0.05, 0.1) is 24.5 Å². The van der Waals surface area contributed by atoms with Crippen molar-refractivity contribution in [3.8, 4) is 5.75 Å². The van der Waals surface area contributed by atoms with Crippen LogP contribution in [0.3, 0.4) is 0 Å². The monoisotopic (exact) mass is 441 g/mol. The van der Waals surface area contributed by atoms with Crippen LogP contribution < -0.4 is 15.4 Å². The molecule has 0 aliphatic rings. The Kier molecular flexibility index (Phi) is 7.83. The smallest absolute Gasteiger partial charge is 0.293 e. The fraction of sp³-hybridized carbons (Fsp3) is 0.348. The third kappa shape index (κ3) is 7.25. The first-order chi connectivity index (χ1) is 14.9. The van der Waals surface area contributed by atoms with Crippen LogP contribution in [0, 0.1) is 0 Å². The number of carbonyl (C=O) groups excluding carboxylic acids is 2. The van der Waals surface area contributed by atoms with E-state index in [9.17, 15) is 9.59 Å². The van der Waals surface area contributed by atoms with Gasteiger partial charge < -0.3 is 14.5 Å². The molecule has 0 saturated heterocycles. The van der Waals surface area contributed by atoms with E-state index in [1.807, 2.05) is 32.9 Å². The quantitative estimate of drug-likeness (QED) is 0.485. The molecule has 8 heteroatoms. The first kappa shape index (κ1) is 22.6. The largest absolute Gasteiger partial charge is 0.491 e. The van der Waals surface area contributed by atoms with Crippen LogP contribution in [0.25, 0.3) is 0 Å². The van der Waals surface area contributed by atoms with Crippen molar-refractivity contribution in [2.24, 2.45) is 0 Å². The van der Waals surface area contributed by atoms with Gasteiger partial charge in [-0.15, -0.1) is 11.3 Å². The number of hydrogen-bond acceptors (Lipinski definition) is 6. The maximum atomic E-state index is 12.3. The number of carbonyl (C=O) groups is 2. The van der Waals surface area contributed by atoms with Crippen molar-refractivity contribution in [2.75, 3.05) is 5.32 Å². The molecule has 2 amide bonds. The molecule has 3 rings (SSSR count). The van der Waals surface area contributed by atoms with Gasteiger partial charge in [0, 0.05) is 11.4 Å². The number of aromatic nitrogens is 1. The minimum atomic E-state index is -0.368. The summed E-state index contributed by atoms with van der Waals surface area (Å²) >= 11 is 1.27. The van der Waals surface area contributed by atoms with E-state index in [0.29, 0.717) is 10.8 Å². The molecule has 0 bridgehead atoms. The molecule has 2 aromatic heterocycles. The molecule has 0 aliphatic heterocycles. The van der Waals surface area contributed by atoms with E-state index in [2.05, 4.69) is 27.8 Å². The van der Waals surface area contributed by atoms with Crippen molar-refractivity contribution in [1.29, 1.82) is 0 Å². The van der Waals surface area contributed by atoms with Crippen molar-refractivity contribution in [2.45, 2.75) is 52.2 Å². The van der Waals surface area contributed by atoms with E-state index in [-0.39, 0.29) is 36.1 Å². The normalized spacial score (nSPS) is 11.9. The minimum Gasteiger partial charge on any atom is -0.491 e. The molecule has 0 saturated carbocycles. The van der Waals surface area contributed by atoms with Crippen LogP contribution in [-0.2, 0) is 17.6 Å². The summed E-state index contributed by atoms with van der Waals surface area (Å²) in [5.74, 6) is 0.614. The number of rotatable bonds is 10. The van der Waals surface area contributed by atoms with Gasteiger partial charge in [-0.2, -0.15) is 0 Å². The maximum Gasteiger partial charge on any atom is 0.293 e. The number of thiazole rings is 1. The molecule has 2 heterocycles. The number of ether oxygens (including phenoxy) is 1. The summed E-state index contributed by atoms with van der Waals surface area (Å²) in [7, 11) is 0. The summed E-state index contributed by atoms with van der Waals surface area (Å²) < 4.78 is 10.7. The molecule has 2 N–H and O–H groups in total. The molecule has 164 valence electrons. The topological polar surface area (TPSA) is 93.5 Å². The summed E-state index contributed by atoms with van der Waals surface area (Å²) in [6.07, 6.45) is 3.45. The number of anilines is 1. The van der Waals surface area contributed by atoms with Crippen LogP contribution in [0.2, 0.25) is 0 Å². The molecule has 7 nitrogen and oxygen atoms in total. The predicted molar refractivity (Wildman–Crippen MR) is 121 cm³/mol. The van der Waals surface area contributed by atoms with Crippen LogP contribution in [-0.4, -0.2) is 28.9 Å². The molecule has 1 aromatic carbocycles. The Balaban J connectivity index is 1.41. The van der Waals surface area contributed by atoms with Crippen molar-refractivity contribution in [3.05, 3.63) is 65.1 Å². The number of furan rings is 1. The Hall–Kier alpha value is -3.13. The fourth-order valence-corrected chi connectivity index (χ4v) is 3.67. The van der Waals surface area contributed by atoms with Gasteiger partial charge in [-0.3, -0.25) is 14.9 Å². The van der Waals surface area contributed by atoms with E-state index < -0.39 is 0 Å². The van der Waals surface area contributed by atoms with Gasteiger partial charge in [-0.25, -0.2) is 4.98 Å². The first-order valence-corrected chi connectivity index (χ1v) is 11.1. The lowest BCUT2D eigenvalue weighted by molar-refractivity contribution is -0.121. The number of nitrogens with zero attached hydrogens (tertiary/aromatic N) is 1. The Morgan fingerprint density at radius 3 is 2.61 bits per heavy atom. The second-order valence-corrected chi connectivity index (χ2v) is 8.43. The Morgan fingerprint density at radius 1 is 1.16 bits per heavy atom. The molecule has 1 atom stereocenters. The highest BCUT2D eigenvalue weighted by Gasteiger charge is 2.14. The average molecular weight is 442 g/mol. The second-order valence-electron chi connectivity index (χ2n) is 7.57. The number of benzene rings is 1. The number of aryl methyl sites for hydroxylation is 1. The number of amides is 2. The van der Waals surface area contributed by atoms with Crippen LogP contribution in [0.4, 0.5) is 5.13 Å². The Bertz CT molecular complexity index is 981. The average Bonchev–Trinajstić information content (AvgIpc) is 3.39. The molecule has 0 aliphatic carbocycles. The first-order valence-electron chi connectivity index (χ1n) is 10.2. The van der Waals surface area contributed by atoms with E-state index in [4.69, 9.17) is 9.15 Å². The van der Waals surface area contributed by atoms with Crippen molar-refractivity contribution >= 4 is 28.3 Å². The SMILES string of the molecule is CC(CCc1ccc(OC(C)C)cc1)NC(=O)Cc1csc(NC(=O)c2ccco2)n1. The minimum absolute atomic E-state index is 0.0378.